The van der Waals surface area contributed by atoms with Crippen molar-refractivity contribution in [2.45, 2.75) is 38.1 Å². The fraction of sp³-hybridized carbons (Fsp3) is 0.400. The van der Waals surface area contributed by atoms with E-state index >= 15 is 0 Å². The average Bonchev–Trinajstić information content (AvgIpc) is 3.25. The number of methoxy groups -OCH3 is 1. The topological polar surface area (TPSA) is 58.6 Å². The van der Waals surface area contributed by atoms with E-state index in [0.717, 1.165) is 23.4 Å². The van der Waals surface area contributed by atoms with Crippen molar-refractivity contribution in [2.75, 3.05) is 18.6 Å². The first kappa shape index (κ1) is 17.1. The van der Waals surface area contributed by atoms with Gasteiger partial charge in [0, 0.05) is 17.8 Å². The molecule has 136 valence electrons. The van der Waals surface area contributed by atoms with Gasteiger partial charge in [-0.1, -0.05) is 12.1 Å². The van der Waals surface area contributed by atoms with Crippen LogP contribution in [0.3, 0.4) is 0 Å². The number of fused-ring (bicyclic) bond motifs is 1. The molecule has 1 atom stereocenters. The smallest absolute Gasteiger partial charge is 0.261 e. The Kier molecular flexibility index (Phi) is 4.68. The highest BCUT2D eigenvalue weighted by molar-refractivity contribution is 7.14. The predicted octanol–water partition coefficient (Wildman–Crippen LogP) is 3.17. The van der Waals surface area contributed by atoms with Gasteiger partial charge in [0.05, 0.1) is 23.7 Å². The summed E-state index contributed by atoms with van der Waals surface area (Å²) in [5, 5.41) is 3.04. The summed E-state index contributed by atoms with van der Waals surface area (Å²) in [4.78, 5) is 28.9. The molecule has 1 aliphatic heterocycles. The maximum absolute atomic E-state index is 12.6. The Bertz CT molecular complexity index is 822. The van der Waals surface area contributed by atoms with Crippen molar-refractivity contribution in [1.82, 2.24) is 5.32 Å². The molecule has 5 nitrogen and oxygen atoms in total. The number of carbonyl (C=O) groups excluding carboxylic acids is 2. The van der Waals surface area contributed by atoms with E-state index in [9.17, 15) is 9.59 Å². The van der Waals surface area contributed by atoms with Gasteiger partial charge in [-0.2, -0.15) is 0 Å². The zero-order valence-corrected chi connectivity index (χ0v) is 15.6. The van der Waals surface area contributed by atoms with Gasteiger partial charge in [-0.25, -0.2) is 0 Å². The lowest BCUT2D eigenvalue weighted by molar-refractivity contribution is -0.117. The van der Waals surface area contributed by atoms with Gasteiger partial charge < -0.3 is 15.0 Å². The van der Waals surface area contributed by atoms with Crippen molar-refractivity contribution in [1.29, 1.82) is 0 Å². The largest absolute Gasteiger partial charge is 0.495 e. The molecule has 0 radical (unpaired) electrons. The van der Waals surface area contributed by atoms with E-state index in [2.05, 4.69) is 5.32 Å². The molecule has 0 spiro atoms. The minimum absolute atomic E-state index is 0.00488. The molecular formula is C20H22N2O3S. The van der Waals surface area contributed by atoms with Gasteiger partial charge in [0.15, 0.2) is 0 Å². The number of carbonyl (C=O) groups is 2. The summed E-state index contributed by atoms with van der Waals surface area (Å²) >= 11 is 1.60. The fourth-order valence-corrected chi connectivity index (χ4v) is 4.91. The number of nitrogens with one attached hydrogen (secondary N) is 1. The standard InChI is InChI=1S/C20H22N2O3S/c1-25-16-8-4-3-7-15(16)22-12-14(11-19(22)23)21-20(24)18-10-13-6-2-5-9-17(13)26-18/h3-4,7-8,10,14H,2,5-6,9,11-12H2,1H3,(H,21,24)/t14-/m1/s1. The number of rotatable bonds is 4. The third-order valence-electron chi connectivity index (χ3n) is 5.06. The summed E-state index contributed by atoms with van der Waals surface area (Å²) in [5.74, 6) is 0.605. The van der Waals surface area contributed by atoms with E-state index in [1.807, 2.05) is 30.3 Å². The zero-order chi connectivity index (χ0) is 18.1. The van der Waals surface area contributed by atoms with Crippen molar-refractivity contribution < 1.29 is 14.3 Å². The molecule has 1 fully saturated rings. The van der Waals surface area contributed by atoms with E-state index in [1.165, 1.54) is 23.3 Å². The van der Waals surface area contributed by atoms with Crippen LogP contribution in [0, 0.1) is 0 Å². The van der Waals surface area contributed by atoms with Gasteiger partial charge in [0.25, 0.3) is 5.91 Å². The van der Waals surface area contributed by atoms with Crippen molar-refractivity contribution in [3.63, 3.8) is 0 Å². The van der Waals surface area contributed by atoms with Gasteiger partial charge in [0.2, 0.25) is 5.91 Å². The number of hydrogen-bond donors (Lipinski definition) is 1. The molecule has 2 aliphatic rings. The lowest BCUT2D eigenvalue weighted by Crippen LogP contribution is -2.36. The number of amides is 2. The van der Waals surface area contributed by atoms with E-state index < -0.39 is 0 Å². The third-order valence-corrected chi connectivity index (χ3v) is 6.29. The van der Waals surface area contributed by atoms with E-state index in [4.69, 9.17) is 4.74 Å². The minimum Gasteiger partial charge on any atom is -0.495 e. The van der Waals surface area contributed by atoms with E-state index in [0.29, 0.717) is 18.7 Å². The van der Waals surface area contributed by atoms with Gasteiger partial charge in [-0.05, 0) is 49.4 Å². The van der Waals surface area contributed by atoms with E-state index in [-0.39, 0.29) is 17.9 Å². The second-order valence-corrected chi connectivity index (χ2v) is 7.95. The van der Waals surface area contributed by atoms with Crippen LogP contribution in [-0.2, 0) is 17.6 Å². The van der Waals surface area contributed by atoms with Gasteiger partial charge in [0.1, 0.15) is 5.75 Å². The molecule has 2 aromatic rings. The number of nitrogens with zero attached hydrogens (tertiary/aromatic N) is 1. The Labute approximate surface area is 157 Å². The molecule has 1 N–H and O–H groups in total. The molecule has 1 aliphatic carbocycles. The second-order valence-electron chi connectivity index (χ2n) is 6.82. The van der Waals surface area contributed by atoms with Crippen molar-refractivity contribution >= 4 is 28.8 Å². The first-order valence-electron chi connectivity index (χ1n) is 9.01. The molecule has 0 bridgehead atoms. The van der Waals surface area contributed by atoms with Crippen LogP contribution in [-0.4, -0.2) is 31.5 Å². The molecule has 1 aromatic heterocycles. The Morgan fingerprint density at radius 2 is 2.08 bits per heavy atom. The lowest BCUT2D eigenvalue weighted by Gasteiger charge is -2.19. The molecule has 2 heterocycles. The number of thiophene rings is 1. The number of hydrogen-bond acceptors (Lipinski definition) is 4. The van der Waals surface area contributed by atoms with Crippen molar-refractivity contribution in [3.05, 3.63) is 45.6 Å². The quantitative estimate of drug-likeness (QED) is 0.899. The molecule has 6 heteroatoms. The fourth-order valence-electron chi connectivity index (χ4n) is 3.75. The number of ether oxygens (including phenoxy) is 1. The van der Waals surface area contributed by atoms with Crippen LogP contribution >= 0.6 is 11.3 Å². The Balaban J connectivity index is 1.45. The van der Waals surface area contributed by atoms with E-state index in [1.54, 1.807) is 23.3 Å². The highest BCUT2D eigenvalue weighted by Crippen LogP contribution is 2.32. The molecule has 2 amide bonds. The maximum Gasteiger partial charge on any atom is 0.261 e. The molecule has 1 saturated heterocycles. The van der Waals surface area contributed by atoms with Gasteiger partial charge >= 0.3 is 0 Å². The second kappa shape index (κ2) is 7.11. The number of benzene rings is 1. The summed E-state index contributed by atoms with van der Waals surface area (Å²) in [6, 6.07) is 9.31. The molecule has 4 rings (SSSR count). The van der Waals surface area contributed by atoms with Crippen LogP contribution in [0.15, 0.2) is 30.3 Å². The highest BCUT2D eigenvalue weighted by Gasteiger charge is 2.33. The molecule has 0 unspecified atom stereocenters. The summed E-state index contributed by atoms with van der Waals surface area (Å²) in [6.07, 6.45) is 4.88. The molecule has 1 aromatic carbocycles. The number of anilines is 1. The first-order valence-corrected chi connectivity index (χ1v) is 9.83. The maximum atomic E-state index is 12.6. The number of aryl methyl sites for hydroxylation is 2. The van der Waals surface area contributed by atoms with Crippen LogP contribution in [0.25, 0.3) is 0 Å². The average molecular weight is 370 g/mol. The van der Waals surface area contributed by atoms with Crippen LogP contribution < -0.4 is 15.0 Å². The van der Waals surface area contributed by atoms with Gasteiger partial charge in [-0.15, -0.1) is 11.3 Å². The minimum atomic E-state index is -0.181. The monoisotopic (exact) mass is 370 g/mol. The zero-order valence-electron chi connectivity index (χ0n) is 14.8. The predicted molar refractivity (Wildman–Crippen MR) is 102 cm³/mol. The molecule has 0 saturated carbocycles. The van der Waals surface area contributed by atoms with Crippen molar-refractivity contribution in [2.24, 2.45) is 0 Å². The Morgan fingerprint density at radius 3 is 2.88 bits per heavy atom. The molecular weight excluding hydrogens is 348 g/mol. The summed E-state index contributed by atoms with van der Waals surface area (Å²) in [7, 11) is 1.59. The summed E-state index contributed by atoms with van der Waals surface area (Å²) < 4.78 is 5.36. The summed E-state index contributed by atoms with van der Waals surface area (Å²) in [5.41, 5.74) is 2.08. The Hall–Kier alpha value is -2.34. The third kappa shape index (κ3) is 3.21. The van der Waals surface area contributed by atoms with Crippen LogP contribution in [0.2, 0.25) is 0 Å². The normalized spacial score (nSPS) is 19.3. The summed E-state index contributed by atoms with van der Waals surface area (Å²) in [6.45, 7) is 0.468. The van der Waals surface area contributed by atoms with Gasteiger partial charge in [-0.3, -0.25) is 9.59 Å². The first-order chi connectivity index (χ1) is 12.7. The Morgan fingerprint density at radius 1 is 1.27 bits per heavy atom. The molecule has 26 heavy (non-hydrogen) atoms. The number of para-hydroxylation sites is 2. The van der Waals surface area contributed by atoms with Crippen LogP contribution in [0.4, 0.5) is 5.69 Å². The highest BCUT2D eigenvalue weighted by atomic mass is 32.1. The van der Waals surface area contributed by atoms with Crippen LogP contribution in [0.1, 0.15) is 39.4 Å². The van der Waals surface area contributed by atoms with Crippen molar-refractivity contribution in [3.8, 4) is 5.75 Å². The van der Waals surface area contributed by atoms with Crippen LogP contribution in [0.5, 0.6) is 5.75 Å². The lowest BCUT2D eigenvalue weighted by atomic mass is 9.99. The SMILES string of the molecule is COc1ccccc1N1C[C@H](NC(=O)c2cc3c(s2)CCCC3)CC1=O.